The van der Waals surface area contributed by atoms with Gasteiger partial charge in [0.1, 0.15) is 26.0 Å². The Morgan fingerprint density at radius 2 is 1.67 bits per heavy atom. The second-order valence-corrected chi connectivity index (χ2v) is 3.24. The van der Waals surface area contributed by atoms with Gasteiger partial charge in [0.05, 0.1) is 0 Å². The van der Waals surface area contributed by atoms with E-state index in [4.69, 9.17) is 15.3 Å². The molecule has 1 aromatic heterocycles. The molecule has 0 aromatic carbocycles. The van der Waals surface area contributed by atoms with Crippen LogP contribution in [0.3, 0.4) is 0 Å². The first-order valence-corrected chi connectivity index (χ1v) is 5.24. The highest BCUT2D eigenvalue weighted by Crippen LogP contribution is 2.12. The molecule has 0 saturated carbocycles. The smallest absolute Gasteiger partial charge is 0.238 e. The van der Waals surface area contributed by atoms with E-state index in [1.54, 1.807) is 6.92 Å². The van der Waals surface area contributed by atoms with Crippen molar-refractivity contribution in [3.8, 4) is 0 Å². The number of aliphatic hydroxyl groups excluding tert-OH is 3. The summed E-state index contributed by atoms with van der Waals surface area (Å²) in [6.07, 6.45) is 0.853. The van der Waals surface area contributed by atoms with Gasteiger partial charge >= 0.3 is 0 Å². The molecule has 0 saturated heterocycles. The standard InChI is InChI=1S/C9H15N5O4/c1-2-7-10-8(13(3-15)4-16)12-9(11-7)14(5-17)6-18/h3,16-18H,2,4-6H2,1H3. The number of hydrogen-bond donors (Lipinski definition) is 3. The van der Waals surface area contributed by atoms with E-state index in [1.807, 2.05) is 0 Å². The van der Waals surface area contributed by atoms with Crippen LogP contribution in [0.1, 0.15) is 12.7 Å². The maximum absolute atomic E-state index is 10.7. The number of nitrogens with zero attached hydrogens (tertiary/aromatic N) is 5. The lowest BCUT2D eigenvalue weighted by atomic mass is 10.4. The fourth-order valence-corrected chi connectivity index (χ4v) is 1.14. The maximum atomic E-state index is 10.7. The molecule has 18 heavy (non-hydrogen) atoms. The Labute approximate surface area is 103 Å². The summed E-state index contributed by atoms with van der Waals surface area (Å²) in [5, 5.41) is 27.0. The van der Waals surface area contributed by atoms with Crippen molar-refractivity contribution in [3.63, 3.8) is 0 Å². The third-order valence-corrected chi connectivity index (χ3v) is 2.14. The zero-order valence-electron chi connectivity index (χ0n) is 9.89. The highest BCUT2D eigenvalue weighted by atomic mass is 16.3. The molecule has 3 N–H and O–H groups in total. The van der Waals surface area contributed by atoms with E-state index in [-0.39, 0.29) is 11.9 Å². The maximum Gasteiger partial charge on any atom is 0.238 e. The normalized spacial score (nSPS) is 10.2. The minimum atomic E-state index is -0.575. The van der Waals surface area contributed by atoms with Gasteiger partial charge in [-0.1, -0.05) is 6.92 Å². The molecule has 9 nitrogen and oxygen atoms in total. The molecule has 0 aliphatic heterocycles. The zero-order valence-corrected chi connectivity index (χ0v) is 9.89. The highest BCUT2D eigenvalue weighted by Gasteiger charge is 2.15. The molecule has 1 rings (SSSR count). The first-order chi connectivity index (χ1) is 8.69. The van der Waals surface area contributed by atoms with Crippen molar-refractivity contribution in [2.45, 2.75) is 13.3 Å². The summed E-state index contributed by atoms with van der Waals surface area (Å²) in [6, 6.07) is 0. The number of amides is 1. The van der Waals surface area contributed by atoms with Crippen molar-refractivity contribution < 1.29 is 20.1 Å². The lowest BCUT2D eigenvalue weighted by molar-refractivity contribution is -0.108. The second kappa shape index (κ2) is 6.79. The third kappa shape index (κ3) is 3.09. The Balaban J connectivity index is 3.19. The zero-order chi connectivity index (χ0) is 13.5. The summed E-state index contributed by atoms with van der Waals surface area (Å²) in [4.78, 5) is 24.5. The number of aryl methyl sites for hydroxylation is 1. The molecular weight excluding hydrogens is 242 g/mol. The van der Waals surface area contributed by atoms with Crippen molar-refractivity contribution >= 4 is 18.3 Å². The molecule has 0 fully saturated rings. The van der Waals surface area contributed by atoms with Crippen molar-refractivity contribution in [2.24, 2.45) is 0 Å². The van der Waals surface area contributed by atoms with Crippen LogP contribution in [0.25, 0.3) is 0 Å². The second-order valence-electron chi connectivity index (χ2n) is 3.24. The third-order valence-electron chi connectivity index (χ3n) is 2.14. The Morgan fingerprint density at radius 1 is 1.06 bits per heavy atom. The molecule has 0 aliphatic rings. The number of rotatable bonds is 7. The SMILES string of the molecule is CCc1nc(N(C=O)CO)nc(N(CO)CO)n1. The number of hydrogen-bond acceptors (Lipinski definition) is 8. The largest absolute Gasteiger partial charge is 0.376 e. The van der Waals surface area contributed by atoms with Gasteiger partial charge in [-0.2, -0.15) is 15.0 Å². The topological polar surface area (TPSA) is 123 Å². The Hall–Kier alpha value is -1.84. The summed E-state index contributed by atoms with van der Waals surface area (Å²) in [6.45, 7) is 0.260. The van der Waals surface area contributed by atoms with E-state index in [0.29, 0.717) is 18.7 Å². The van der Waals surface area contributed by atoms with Gasteiger partial charge < -0.3 is 15.3 Å². The van der Waals surface area contributed by atoms with Crippen LogP contribution in [0.15, 0.2) is 0 Å². The molecular formula is C9H15N5O4. The lowest BCUT2D eigenvalue weighted by Gasteiger charge is -2.19. The molecule has 0 aliphatic carbocycles. The van der Waals surface area contributed by atoms with Crippen LogP contribution in [0.5, 0.6) is 0 Å². The van der Waals surface area contributed by atoms with Crippen LogP contribution in [0.4, 0.5) is 11.9 Å². The van der Waals surface area contributed by atoms with Crippen molar-refractivity contribution in [2.75, 3.05) is 30.0 Å². The molecule has 0 spiro atoms. The predicted octanol–water partition coefficient (Wildman–Crippen LogP) is -1.95. The quantitative estimate of drug-likeness (QED) is 0.380. The first-order valence-electron chi connectivity index (χ1n) is 5.24. The van der Waals surface area contributed by atoms with E-state index in [0.717, 1.165) is 9.80 Å². The van der Waals surface area contributed by atoms with Crippen LogP contribution in [0, 0.1) is 0 Å². The highest BCUT2D eigenvalue weighted by molar-refractivity contribution is 5.70. The summed E-state index contributed by atoms with van der Waals surface area (Å²) in [7, 11) is 0. The molecule has 0 radical (unpaired) electrons. The van der Waals surface area contributed by atoms with E-state index in [1.165, 1.54) is 0 Å². The van der Waals surface area contributed by atoms with Gasteiger partial charge in [-0.15, -0.1) is 0 Å². The van der Waals surface area contributed by atoms with Gasteiger partial charge in [0.25, 0.3) is 0 Å². The molecule has 0 bridgehead atoms. The van der Waals surface area contributed by atoms with Crippen LogP contribution >= 0.6 is 0 Å². The van der Waals surface area contributed by atoms with Crippen LogP contribution in [-0.2, 0) is 11.2 Å². The van der Waals surface area contributed by atoms with Crippen LogP contribution < -0.4 is 9.80 Å². The van der Waals surface area contributed by atoms with Crippen LogP contribution in [-0.4, -0.2) is 56.9 Å². The molecule has 100 valence electrons. The van der Waals surface area contributed by atoms with Crippen molar-refractivity contribution in [1.82, 2.24) is 15.0 Å². The van der Waals surface area contributed by atoms with Gasteiger partial charge in [0.2, 0.25) is 18.3 Å². The minimum Gasteiger partial charge on any atom is -0.376 e. The molecule has 1 heterocycles. The fraction of sp³-hybridized carbons (Fsp3) is 0.556. The number of aliphatic hydroxyl groups is 3. The fourth-order valence-electron chi connectivity index (χ4n) is 1.14. The molecule has 0 unspecified atom stereocenters. The Bertz CT molecular complexity index is 399. The predicted molar refractivity (Wildman–Crippen MR) is 61.5 cm³/mol. The first kappa shape index (κ1) is 14.2. The molecule has 9 heteroatoms. The van der Waals surface area contributed by atoms with Gasteiger partial charge in [0.15, 0.2) is 0 Å². The summed E-state index contributed by atoms with van der Waals surface area (Å²) in [5.41, 5.74) is 0. The van der Waals surface area contributed by atoms with E-state index in [9.17, 15) is 4.79 Å². The molecule has 0 atom stereocenters. The summed E-state index contributed by atoms with van der Waals surface area (Å²) >= 11 is 0. The monoisotopic (exact) mass is 257 g/mol. The molecule has 1 amide bonds. The number of anilines is 2. The number of aromatic nitrogens is 3. The van der Waals surface area contributed by atoms with Crippen molar-refractivity contribution in [3.05, 3.63) is 5.82 Å². The van der Waals surface area contributed by atoms with Gasteiger partial charge in [-0.05, 0) is 0 Å². The Kier molecular flexibility index (Phi) is 5.36. The van der Waals surface area contributed by atoms with E-state index in [2.05, 4.69) is 15.0 Å². The van der Waals surface area contributed by atoms with E-state index >= 15 is 0 Å². The average Bonchev–Trinajstić information content (AvgIpc) is 2.41. The van der Waals surface area contributed by atoms with Gasteiger partial charge in [-0.25, -0.2) is 0 Å². The van der Waals surface area contributed by atoms with Crippen LogP contribution in [0.2, 0.25) is 0 Å². The van der Waals surface area contributed by atoms with E-state index < -0.39 is 20.2 Å². The lowest BCUT2D eigenvalue weighted by Crippen LogP contribution is -2.30. The van der Waals surface area contributed by atoms with Gasteiger partial charge in [0, 0.05) is 6.42 Å². The summed E-state index contributed by atoms with van der Waals surface area (Å²) < 4.78 is 0. The average molecular weight is 257 g/mol. The number of carbonyl (C=O) groups is 1. The number of carbonyl (C=O) groups excluding carboxylic acids is 1. The summed E-state index contributed by atoms with van der Waals surface area (Å²) in [5.74, 6) is 0.366. The minimum absolute atomic E-state index is 0.0298. The van der Waals surface area contributed by atoms with Gasteiger partial charge in [-0.3, -0.25) is 14.6 Å². The van der Waals surface area contributed by atoms with Crippen molar-refractivity contribution in [1.29, 1.82) is 0 Å². The Morgan fingerprint density at radius 3 is 2.11 bits per heavy atom. The molecule has 1 aromatic rings.